The summed E-state index contributed by atoms with van der Waals surface area (Å²) in [4.78, 5) is 0. The molecule has 1 nitrogen and oxygen atoms in total. The zero-order valence-corrected chi connectivity index (χ0v) is 12.8. The Kier molecular flexibility index (Phi) is 3.36. The van der Waals surface area contributed by atoms with Gasteiger partial charge in [-0.15, -0.1) is 0 Å². The van der Waals surface area contributed by atoms with E-state index in [0.717, 1.165) is 16.8 Å². The summed E-state index contributed by atoms with van der Waals surface area (Å²) in [7, 11) is 0. The fraction of sp³-hybridized carbons (Fsp3) is 0.294. The van der Waals surface area contributed by atoms with Gasteiger partial charge >= 0.3 is 0 Å². The average molecular weight is 317 g/mol. The lowest BCUT2D eigenvalue weighted by Crippen LogP contribution is -2.02. The lowest BCUT2D eigenvalue weighted by molar-refractivity contribution is 0.343. The van der Waals surface area contributed by atoms with E-state index in [1.807, 2.05) is 12.1 Å². The molecule has 1 heterocycles. The van der Waals surface area contributed by atoms with Crippen molar-refractivity contribution in [3.05, 3.63) is 63.6 Å². The number of hydrogen-bond donors (Lipinski definition) is 0. The van der Waals surface area contributed by atoms with E-state index in [-0.39, 0.29) is 0 Å². The number of ether oxygens (including phenoxy) is 1. The van der Waals surface area contributed by atoms with Crippen LogP contribution in [-0.2, 0) is 0 Å². The summed E-state index contributed by atoms with van der Waals surface area (Å²) < 4.78 is 6.89. The van der Waals surface area contributed by atoms with Gasteiger partial charge in [0.15, 0.2) is 0 Å². The van der Waals surface area contributed by atoms with E-state index in [1.165, 1.54) is 16.7 Å². The van der Waals surface area contributed by atoms with Crippen LogP contribution >= 0.6 is 15.9 Å². The molecule has 0 aromatic heterocycles. The van der Waals surface area contributed by atoms with Crippen molar-refractivity contribution in [2.45, 2.75) is 25.7 Å². The van der Waals surface area contributed by atoms with Crippen molar-refractivity contribution in [1.82, 2.24) is 0 Å². The van der Waals surface area contributed by atoms with E-state index in [4.69, 9.17) is 4.74 Å². The summed E-state index contributed by atoms with van der Waals surface area (Å²) in [6.45, 7) is 5.19. The quantitative estimate of drug-likeness (QED) is 0.749. The van der Waals surface area contributed by atoms with Gasteiger partial charge in [0.25, 0.3) is 0 Å². The van der Waals surface area contributed by atoms with E-state index in [0.29, 0.717) is 11.8 Å². The first-order chi connectivity index (χ1) is 9.15. The molecule has 1 aliphatic heterocycles. The van der Waals surface area contributed by atoms with Gasteiger partial charge in [-0.2, -0.15) is 0 Å². The highest BCUT2D eigenvalue weighted by atomic mass is 79.9. The van der Waals surface area contributed by atoms with Gasteiger partial charge < -0.3 is 4.74 Å². The second kappa shape index (κ2) is 5.01. The lowest BCUT2D eigenvalue weighted by atomic mass is 9.91. The minimum absolute atomic E-state index is 0.355. The van der Waals surface area contributed by atoms with Crippen LogP contribution < -0.4 is 4.74 Å². The van der Waals surface area contributed by atoms with Crippen LogP contribution in [0.1, 0.15) is 42.4 Å². The molecule has 0 aliphatic carbocycles. The highest BCUT2D eigenvalue weighted by Crippen LogP contribution is 2.39. The summed E-state index contributed by atoms with van der Waals surface area (Å²) in [6, 6.07) is 15.2. The normalized spacial score (nSPS) is 17.4. The Morgan fingerprint density at radius 3 is 2.53 bits per heavy atom. The van der Waals surface area contributed by atoms with Gasteiger partial charge in [0.1, 0.15) is 5.75 Å². The molecule has 3 rings (SSSR count). The maximum absolute atomic E-state index is 5.78. The van der Waals surface area contributed by atoms with E-state index < -0.39 is 0 Å². The van der Waals surface area contributed by atoms with Crippen LogP contribution in [0.15, 0.2) is 46.9 Å². The number of halogens is 1. The second-order valence-electron chi connectivity index (χ2n) is 5.37. The molecular formula is C17H17BrO. The third-order valence-electron chi connectivity index (χ3n) is 3.76. The van der Waals surface area contributed by atoms with Crippen LogP contribution in [0.3, 0.4) is 0 Å². The van der Waals surface area contributed by atoms with Gasteiger partial charge in [-0.25, -0.2) is 0 Å². The molecule has 0 bridgehead atoms. The Balaban J connectivity index is 1.95. The first-order valence-electron chi connectivity index (χ1n) is 6.67. The SMILES string of the molecule is CC(C)c1ccc([C@@H]2COc3ccc(Br)cc32)cc1. The zero-order chi connectivity index (χ0) is 13.4. The molecule has 1 atom stereocenters. The molecule has 0 saturated heterocycles. The lowest BCUT2D eigenvalue weighted by Gasteiger charge is -2.12. The monoisotopic (exact) mass is 316 g/mol. The van der Waals surface area contributed by atoms with Crippen molar-refractivity contribution in [3.63, 3.8) is 0 Å². The summed E-state index contributed by atoms with van der Waals surface area (Å²) >= 11 is 3.54. The molecule has 2 heteroatoms. The maximum atomic E-state index is 5.78. The molecule has 0 fully saturated rings. The number of fused-ring (bicyclic) bond motifs is 1. The van der Waals surface area contributed by atoms with Gasteiger partial charge in [-0.3, -0.25) is 0 Å². The number of rotatable bonds is 2. The third kappa shape index (κ3) is 2.42. The van der Waals surface area contributed by atoms with Crippen molar-refractivity contribution in [2.24, 2.45) is 0 Å². The van der Waals surface area contributed by atoms with Crippen LogP contribution in [0, 0.1) is 0 Å². The highest BCUT2D eigenvalue weighted by Gasteiger charge is 2.25. The summed E-state index contributed by atoms with van der Waals surface area (Å²) in [5.41, 5.74) is 4.00. The third-order valence-corrected chi connectivity index (χ3v) is 4.25. The van der Waals surface area contributed by atoms with Crippen LogP contribution in [0.2, 0.25) is 0 Å². The Hall–Kier alpha value is -1.28. The maximum Gasteiger partial charge on any atom is 0.123 e. The Labute approximate surface area is 122 Å². The minimum atomic E-state index is 0.355. The molecule has 2 aromatic carbocycles. The van der Waals surface area contributed by atoms with Gasteiger partial charge in [0.05, 0.1) is 6.61 Å². The van der Waals surface area contributed by atoms with E-state index in [2.05, 4.69) is 60.1 Å². The predicted molar refractivity (Wildman–Crippen MR) is 82.0 cm³/mol. The van der Waals surface area contributed by atoms with Gasteiger partial charge in [-0.05, 0) is 35.2 Å². The zero-order valence-electron chi connectivity index (χ0n) is 11.2. The molecular weight excluding hydrogens is 300 g/mol. The fourth-order valence-electron chi connectivity index (χ4n) is 2.57. The Morgan fingerprint density at radius 2 is 1.84 bits per heavy atom. The summed E-state index contributed by atoms with van der Waals surface area (Å²) in [6.07, 6.45) is 0. The number of hydrogen-bond acceptors (Lipinski definition) is 1. The van der Waals surface area contributed by atoms with Crippen molar-refractivity contribution >= 4 is 15.9 Å². The van der Waals surface area contributed by atoms with Crippen molar-refractivity contribution in [1.29, 1.82) is 0 Å². The summed E-state index contributed by atoms with van der Waals surface area (Å²) in [5, 5.41) is 0. The Bertz CT molecular complexity index is 587. The summed E-state index contributed by atoms with van der Waals surface area (Å²) in [5.74, 6) is 1.95. The number of benzene rings is 2. The fourth-order valence-corrected chi connectivity index (χ4v) is 2.95. The van der Waals surface area contributed by atoms with Gasteiger partial charge in [0.2, 0.25) is 0 Å². The van der Waals surface area contributed by atoms with Crippen LogP contribution in [0.4, 0.5) is 0 Å². The van der Waals surface area contributed by atoms with E-state index in [1.54, 1.807) is 0 Å². The van der Waals surface area contributed by atoms with Gasteiger partial charge in [0, 0.05) is 16.0 Å². The van der Waals surface area contributed by atoms with Crippen LogP contribution in [-0.4, -0.2) is 6.61 Å². The predicted octanol–water partition coefficient (Wildman–Crippen LogP) is 5.10. The standard InChI is InChI=1S/C17H17BrO/c1-11(2)12-3-5-13(6-4-12)16-10-19-17-8-7-14(18)9-15(16)17/h3-9,11,16H,10H2,1-2H3/t16-/m0/s1. The molecule has 0 N–H and O–H groups in total. The molecule has 0 unspecified atom stereocenters. The van der Waals surface area contributed by atoms with E-state index >= 15 is 0 Å². The smallest absolute Gasteiger partial charge is 0.123 e. The van der Waals surface area contributed by atoms with Crippen molar-refractivity contribution in [2.75, 3.05) is 6.61 Å². The van der Waals surface area contributed by atoms with E-state index in [9.17, 15) is 0 Å². The largest absolute Gasteiger partial charge is 0.492 e. The average Bonchev–Trinajstić information content (AvgIpc) is 2.81. The first-order valence-corrected chi connectivity index (χ1v) is 7.46. The van der Waals surface area contributed by atoms with Crippen LogP contribution in [0.25, 0.3) is 0 Å². The molecule has 2 aromatic rings. The second-order valence-corrected chi connectivity index (χ2v) is 6.28. The van der Waals surface area contributed by atoms with Gasteiger partial charge in [-0.1, -0.05) is 54.0 Å². The first kappa shape index (κ1) is 12.7. The molecule has 19 heavy (non-hydrogen) atoms. The van der Waals surface area contributed by atoms with Crippen molar-refractivity contribution < 1.29 is 4.74 Å². The molecule has 0 spiro atoms. The molecule has 1 aliphatic rings. The molecule has 0 amide bonds. The minimum Gasteiger partial charge on any atom is -0.492 e. The highest BCUT2D eigenvalue weighted by molar-refractivity contribution is 9.10. The molecule has 0 saturated carbocycles. The Morgan fingerprint density at radius 1 is 1.11 bits per heavy atom. The molecule has 98 valence electrons. The van der Waals surface area contributed by atoms with Crippen LogP contribution in [0.5, 0.6) is 5.75 Å². The molecule has 0 radical (unpaired) electrons. The van der Waals surface area contributed by atoms with Crippen molar-refractivity contribution in [3.8, 4) is 5.75 Å². The topological polar surface area (TPSA) is 9.23 Å².